The lowest BCUT2D eigenvalue weighted by atomic mass is 10.2. The van der Waals surface area contributed by atoms with E-state index in [-0.39, 0.29) is 11.3 Å². The molecule has 0 aliphatic rings. The van der Waals surface area contributed by atoms with Crippen LogP contribution in [0.2, 0.25) is 0 Å². The highest BCUT2D eigenvalue weighted by Crippen LogP contribution is 2.22. The molecular weight excluding hydrogens is 296 g/mol. The van der Waals surface area contributed by atoms with E-state index >= 15 is 0 Å². The van der Waals surface area contributed by atoms with Crippen molar-refractivity contribution in [2.45, 2.75) is 26.4 Å². The molecule has 120 valence electrons. The molecule has 5 heteroatoms. The molecule has 0 saturated heterocycles. The fourth-order valence-corrected chi connectivity index (χ4v) is 1.65. The molecule has 0 spiro atoms. The summed E-state index contributed by atoms with van der Waals surface area (Å²) in [4.78, 5) is 34.5. The van der Waals surface area contributed by atoms with Crippen molar-refractivity contribution in [3.8, 4) is 5.75 Å². The van der Waals surface area contributed by atoms with Crippen LogP contribution in [-0.4, -0.2) is 17.5 Å². The lowest BCUT2D eigenvalue weighted by Crippen LogP contribution is -2.22. The van der Waals surface area contributed by atoms with Gasteiger partial charge in [-0.15, -0.1) is 0 Å². The Labute approximate surface area is 134 Å². The summed E-state index contributed by atoms with van der Waals surface area (Å²) in [6.07, 6.45) is 0. The zero-order chi connectivity index (χ0) is 16.9. The number of esters is 2. The largest absolute Gasteiger partial charge is 0.386 e. The zero-order valence-electron chi connectivity index (χ0n) is 13.2. The Hall–Kier alpha value is -2.66. The van der Waals surface area contributed by atoms with Crippen LogP contribution in [0, 0.1) is 0 Å². The van der Waals surface area contributed by atoms with E-state index in [1.165, 1.54) is 6.07 Å². The first-order valence-corrected chi connectivity index (χ1v) is 7.13. The molecule has 0 amide bonds. The summed E-state index contributed by atoms with van der Waals surface area (Å²) >= 11 is 0. The highest BCUT2D eigenvalue weighted by molar-refractivity contribution is 6.03. The third-order valence-electron chi connectivity index (χ3n) is 2.68. The van der Waals surface area contributed by atoms with Gasteiger partial charge in [0.15, 0.2) is 5.75 Å². The number of para-hydroxylation sites is 1. The van der Waals surface area contributed by atoms with Crippen LogP contribution in [-0.2, 0) is 9.62 Å². The normalized spacial score (nSPS) is 10.9. The van der Waals surface area contributed by atoms with Gasteiger partial charge in [-0.2, -0.15) is 4.89 Å². The summed E-state index contributed by atoms with van der Waals surface area (Å²) in [6, 6.07) is 14.7. The van der Waals surface area contributed by atoms with E-state index in [2.05, 4.69) is 0 Å². The molecule has 0 aliphatic heterocycles. The maximum Gasteiger partial charge on any atom is 0.349 e. The van der Waals surface area contributed by atoms with Crippen LogP contribution in [0.3, 0.4) is 0 Å². The molecule has 0 unspecified atom stereocenters. The second-order valence-corrected chi connectivity index (χ2v) is 5.82. The number of carbonyl (C=O) groups is 2. The van der Waals surface area contributed by atoms with Crippen LogP contribution in [0.1, 0.15) is 41.5 Å². The molecular formula is C18H18O5. The maximum absolute atomic E-state index is 12.2. The van der Waals surface area contributed by atoms with Crippen molar-refractivity contribution in [3.05, 3.63) is 65.7 Å². The molecule has 0 bridgehead atoms. The second-order valence-electron chi connectivity index (χ2n) is 5.82. The van der Waals surface area contributed by atoms with E-state index in [9.17, 15) is 9.59 Å². The number of carbonyl (C=O) groups excluding carboxylic acids is 2. The highest BCUT2D eigenvalue weighted by Gasteiger charge is 2.21. The van der Waals surface area contributed by atoms with Crippen LogP contribution in [0.5, 0.6) is 5.75 Å². The summed E-state index contributed by atoms with van der Waals surface area (Å²) in [6.45, 7) is 5.44. The molecule has 2 aromatic carbocycles. The molecule has 0 fully saturated rings. The van der Waals surface area contributed by atoms with Gasteiger partial charge in [-0.05, 0) is 45.0 Å². The van der Waals surface area contributed by atoms with E-state index in [0.717, 1.165) is 0 Å². The van der Waals surface area contributed by atoms with Crippen molar-refractivity contribution < 1.29 is 24.1 Å². The van der Waals surface area contributed by atoms with Gasteiger partial charge in [-0.3, -0.25) is 0 Å². The predicted octanol–water partition coefficient (Wildman–Crippen LogP) is 3.79. The lowest BCUT2D eigenvalue weighted by Gasteiger charge is -2.18. The predicted molar refractivity (Wildman–Crippen MR) is 84.1 cm³/mol. The number of rotatable bonds is 4. The van der Waals surface area contributed by atoms with Crippen molar-refractivity contribution >= 4 is 11.9 Å². The third-order valence-corrected chi connectivity index (χ3v) is 2.68. The lowest BCUT2D eigenvalue weighted by molar-refractivity contribution is -0.274. The summed E-state index contributed by atoms with van der Waals surface area (Å²) in [5.41, 5.74) is -0.136. The quantitative estimate of drug-likeness (QED) is 0.372. The van der Waals surface area contributed by atoms with Crippen molar-refractivity contribution in [2.75, 3.05) is 0 Å². The first-order valence-electron chi connectivity index (χ1n) is 7.13. The van der Waals surface area contributed by atoms with Gasteiger partial charge in [0.25, 0.3) is 0 Å². The van der Waals surface area contributed by atoms with Gasteiger partial charge in [-0.25, -0.2) is 9.59 Å². The van der Waals surface area contributed by atoms with Crippen LogP contribution in [0.25, 0.3) is 0 Å². The molecule has 0 saturated carbocycles. The topological polar surface area (TPSA) is 61.8 Å². The average Bonchev–Trinajstić information content (AvgIpc) is 2.53. The minimum absolute atomic E-state index is 0.112. The smallest absolute Gasteiger partial charge is 0.349 e. The molecule has 0 aliphatic carbocycles. The number of ether oxygens (including phenoxy) is 1. The molecule has 2 rings (SSSR count). The van der Waals surface area contributed by atoms with E-state index in [1.54, 1.807) is 48.5 Å². The maximum atomic E-state index is 12.2. The monoisotopic (exact) mass is 314 g/mol. The van der Waals surface area contributed by atoms with Crippen molar-refractivity contribution in [1.29, 1.82) is 0 Å². The van der Waals surface area contributed by atoms with Crippen LogP contribution >= 0.6 is 0 Å². The van der Waals surface area contributed by atoms with Gasteiger partial charge in [0.1, 0.15) is 11.2 Å². The molecule has 5 nitrogen and oxygen atoms in total. The Morgan fingerprint density at radius 2 is 1.43 bits per heavy atom. The summed E-state index contributed by atoms with van der Waals surface area (Å²) < 4.78 is 4.88. The van der Waals surface area contributed by atoms with Gasteiger partial charge >= 0.3 is 11.9 Å². The molecule has 0 heterocycles. The molecule has 0 radical (unpaired) electrons. The highest BCUT2D eigenvalue weighted by atomic mass is 17.2. The van der Waals surface area contributed by atoms with Gasteiger partial charge in [0.05, 0.1) is 5.56 Å². The molecule has 2 aromatic rings. The van der Waals surface area contributed by atoms with Crippen LogP contribution in [0.4, 0.5) is 0 Å². The molecule has 0 N–H and O–H groups in total. The van der Waals surface area contributed by atoms with Gasteiger partial charge in [-0.1, -0.05) is 30.3 Å². The first-order chi connectivity index (χ1) is 10.9. The average molecular weight is 314 g/mol. The Morgan fingerprint density at radius 1 is 0.826 bits per heavy atom. The van der Waals surface area contributed by atoms with Crippen molar-refractivity contribution in [3.63, 3.8) is 0 Å². The minimum Gasteiger partial charge on any atom is -0.386 e. The van der Waals surface area contributed by atoms with Gasteiger partial charge in [0.2, 0.25) is 0 Å². The van der Waals surface area contributed by atoms with E-state index < -0.39 is 17.5 Å². The van der Waals surface area contributed by atoms with E-state index in [0.29, 0.717) is 5.56 Å². The van der Waals surface area contributed by atoms with E-state index in [1.807, 2.05) is 20.8 Å². The van der Waals surface area contributed by atoms with Crippen molar-refractivity contribution in [2.24, 2.45) is 0 Å². The van der Waals surface area contributed by atoms with Gasteiger partial charge < -0.3 is 9.62 Å². The van der Waals surface area contributed by atoms with Crippen molar-refractivity contribution in [1.82, 2.24) is 0 Å². The Balaban J connectivity index is 2.12. The Morgan fingerprint density at radius 3 is 2.09 bits per heavy atom. The molecule has 23 heavy (non-hydrogen) atoms. The van der Waals surface area contributed by atoms with Gasteiger partial charge in [0, 0.05) is 0 Å². The summed E-state index contributed by atoms with van der Waals surface area (Å²) in [7, 11) is 0. The fraction of sp³-hybridized carbons (Fsp3) is 0.222. The second kappa shape index (κ2) is 7.07. The minimum atomic E-state index is -0.799. The Bertz CT molecular complexity index is 686. The number of hydrogen-bond acceptors (Lipinski definition) is 5. The Kier molecular flexibility index (Phi) is 5.13. The van der Waals surface area contributed by atoms with Crippen LogP contribution < -0.4 is 4.89 Å². The molecule has 0 aromatic heterocycles. The third kappa shape index (κ3) is 4.93. The first kappa shape index (κ1) is 16.7. The molecule has 0 atom stereocenters. The van der Waals surface area contributed by atoms with E-state index in [4.69, 9.17) is 14.5 Å². The summed E-state index contributed by atoms with van der Waals surface area (Å²) in [5.74, 6) is -1.33. The number of benzene rings is 2. The SMILES string of the molecule is CC(C)(C)OOc1ccccc1C(=O)OC(=O)c1ccccc1. The zero-order valence-corrected chi connectivity index (χ0v) is 13.2. The standard InChI is InChI=1S/C18H18O5/c1-18(2,3)23-22-15-12-8-7-11-14(15)17(20)21-16(19)13-9-5-4-6-10-13/h4-12H,1-3H3. The van der Waals surface area contributed by atoms with Crippen LogP contribution in [0.15, 0.2) is 54.6 Å². The summed E-state index contributed by atoms with van der Waals surface area (Å²) in [5, 5.41) is 0. The number of hydrogen-bond donors (Lipinski definition) is 0. The fourth-order valence-electron chi connectivity index (χ4n) is 1.65.